The fourth-order valence-corrected chi connectivity index (χ4v) is 6.23. The number of benzene rings is 2. The lowest BCUT2D eigenvalue weighted by atomic mass is 10.1. The lowest BCUT2D eigenvalue weighted by molar-refractivity contribution is 0.0981. The van der Waals surface area contributed by atoms with Gasteiger partial charge in [-0.15, -0.1) is 11.3 Å². The number of aromatic nitrogens is 2. The predicted molar refractivity (Wildman–Crippen MR) is 165 cm³/mol. The van der Waals surface area contributed by atoms with Crippen molar-refractivity contribution in [3.05, 3.63) is 124 Å². The second-order valence-corrected chi connectivity index (χ2v) is 11.2. The molecule has 0 radical (unpaired) electrons. The lowest BCUT2D eigenvalue weighted by Gasteiger charge is -2.24. The molecule has 1 aliphatic rings. The van der Waals surface area contributed by atoms with Gasteiger partial charge in [-0.1, -0.05) is 42.5 Å². The zero-order chi connectivity index (χ0) is 29.2. The number of amides is 2. The van der Waals surface area contributed by atoms with Gasteiger partial charge in [0.15, 0.2) is 0 Å². The van der Waals surface area contributed by atoms with Gasteiger partial charge in [0, 0.05) is 30.2 Å². The number of hydrogen-bond acceptors (Lipinski definition) is 6. The summed E-state index contributed by atoms with van der Waals surface area (Å²) in [5.41, 5.74) is 4.69. The minimum Gasteiger partial charge on any atom is -0.354 e. The van der Waals surface area contributed by atoms with Gasteiger partial charge in [-0.05, 0) is 66.9 Å². The molecule has 6 rings (SSSR count). The third kappa shape index (κ3) is 5.38. The van der Waals surface area contributed by atoms with Crippen molar-refractivity contribution in [3.63, 3.8) is 0 Å². The first-order valence-electron chi connectivity index (χ1n) is 13.6. The fraction of sp³-hybridized carbons (Fsp3) is 0.152. The number of fused-ring (bicyclic) bond motifs is 3. The molecule has 1 N–H and O–H groups in total. The van der Waals surface area contributed by atoms with E-state index in [1.54, 1.807) is 36.2 Å². The van der Waals surface area contributed by atoms with Crippen LogP contribution in [0.15, 0.2) is 91.1 Å². The van der Waals surface area contributed by atoms with Gasteiger partial charge in [-0.3, -0.25) is 14.6 Å². The highest BCUT2D eigenvalue weighted by atomic mass is 32.1. The molecule has 5 aromatic rings. The van der Waals surface area contributed by atoms with Gasteiger partial charge in [0.2, 0.25) is 0 Å². The summed E-state index contributed by atoms with van der Waals surface area (Å²) in [5.74, 6) is -0.350. The van der Waals surface area contributed by atoms with Crippen LogP contribution in [0.25, 0.3) is 10.4 Å². The molecule has 9 heteroatoms. The average molecular weight is 578 g/mol. The van der Waals surface area contributed by atoms with Crippen LogP contribution in [0.5, 0.6) is 0 Å². The number of nitrogens with one attached hydrogen (secondary N) is 1. The van der Waals surface area contributed by atoms with E-state index in [0.717, 1.165) is 27.4 Å². The summed E-state index contributed by atoms with van der Waals surface area (Å²) in [6.45, 7) is 2.74. The normalized spacial score (nSPS) is 12.2. The number of aryl methyl sites for hydroxylation is 1. The van der Waals surface area contributed by atoms with Gasteiger partial charge in [0.05, 0.1) is 28.5 Å². The third-order valence-electron chi connectivity index (χ3n) is 7.25. The Morgan fingerprint density at radius 3 is 2.64 bits per heavy atom. The Labute approximate surface area is 247 Å². The molecule has 0 fully saturated rings. The Hall–Kier alpha value is -4.89. The number of nitrogens with zero attached hydrogens (tertiary/aromatic N) is 4. The molecule has 42 heavy (non-hydrogen) atoms. The maximum atomic E-state index is 14.4. The summed E-state index contributed by atoms with van der Waals surface area (Å²) in [6, 6.07) is 25.5. The fourth-order valence-electron chi connectivity index (χ4n) is 5.09. The van der Waals surface area contributed by atoms with Crippen molar-refractivity contribution in [1.29, 1.82) is 0 Å². The van der Waals surface area contributed by atoms with Gasteiger partial charge in [0.25, 0.3) is 11.8 Å². The first-order valence-corrected chi connectivity index (χ1v) is 14.4. The van der Waals surface area contributed by atoms with Crippen LogP contribution < -0.4 is 15.1 Å². The van der Waals surface area contributed by atoms with Crippen LogP contribution in [0.3, 0.4) is 0 Å². The summed E-state index contributed by atoms with van der Waals surface area (Å²) in [7, 11) is 1.92. The van der Waals surface area contributed by atoms with E-state index in [0.29, 0.717) is 41.5 Å². The lowest BCUT2D eigenvalue weighted by Crippen LogP contribution is -2.33. The highest BCUT2D eigenvalue weighted by Gasteiger charge is 2.28. The largest absolute Gasteiger partial charge is 0.354 e. The molecule has 0 unspecified atom stereocenters. The molecular weight excluding hydrogens is 549 g/mol. The van der Waals surface area contributed by atoms with Crippen molar-refractivity contribution in [2.75, 3.05) is 28.7 Å². The van der Waals surface area contributed by atoms with E-state index in [4.69, 9.17) is 4.98 Å². The molecule has 1 aliphatic heterocycles. The molecule has 0 bridgehead atoms. The van der Waals surface area contributed by atoms with Gasteiger partial charge in [0.1, 0.15) is 17.3 Å². The molecule has 0 saturated carbocycles. The highest BCUT2D eigenvalue weighted by Crippen LogP contribution is 2.42. The Morgan fingerprint density at radius 1 is 1.02 bits per heavy atom. The summed E-state index contributed by atoms with van der Waals surface area (Å²) < 4.78 is 14.4. The van der Waals surface area contributed by atoms with Crippen molar-refractivity contribution in [3.8, 4) is 10.4 Å². The van der Waals surface area contributed by atoms with Gasteiger partial charge < -0.3 is 15.1 Å². The smallest absolute Gasteiger partial charge is 0.276 e. The van der Waals surface area contributed by atoms with E-state index >= 15 is 0 Å². The molecule has 4 heterocycles. The average Bonchev–Trinajstić information content (AvgIpc) is 3.37. The van der Waals surface area contributed by atoms with Gasteiger partial charge in [-0.2, -0.15) is 0 Å². The molecule has 3 aromatic heterocycles. The second kappa shape index (κ2) is 11.5. The maximum Gasteiger partial charge on any atom is 0.276 e. The van der Waals surface area contributed by atoms with Crippen LogP contribution >= 0.6 is 11.3 Å². The number of carbonyl (C=O) groups is 2. The van der Waals surface area contributed by atoms with Crippen molar-refractivity contribution in [2.45, 2.75) is 19.9 Å². The molecular formula is C33H28FN5O2S. The van der Waals surface area contributed by atoms with E-state index < -0.39 is 5.82 Å². The number of thiophene rings is 1. The molecule has 0 saturated heterocycles. The predicted octanol–water partition coefficient (Wildman–Crippen LogP) is 6.74. The number of anilines is 3. The zero-order valence-electron chi connectivity index (χ0n) is 23.2. The number of carbonyl (C=O) groups excluding carboxylic acids is 2. The maximum absolute atomic E-state index is 14.4. The summed E-state index contributed by atoms with van der Waals surface area (Å²) >= 11 is 1.35. The molecule has 2 amide bonds. The molecule has 210 valence electrons. The van der Waals surface area contributed by atoms with Crippen LogP contribution in [0.4, 0.5) is 21.6 Å². The van der Waals surface area contributed by atoms with E-state index in [1.165, 1.54) is 17.4 Å². The summed E-state index contributed by atoms with van der Waals surface area (Å²) in [4.78, 5) is 41.3. The standard InChI is InChI=1S/C33H28FN5O2S/c1-21-9-7-12-25(34)30(21)37-32(40)28-19-22-16-18-39(27-14-4-3-11-24(27)31(22)42-28)33(41)26-13-8-15-29(36-26)38(2)20-23-10-5-6-17-35-23/h3-15,17,19H,16,18,20H2,1-2H3,(H,37,40). The topological polar surface area (TPSA) is 78.4 Å². The summed E-state index contributed by atoms with van der Waals surface area (Å²) in [6.07, 6.45) is 2.31. The van der Waals surface area contributed by atoms with E-state index in [1.807, 2.05) is 72.6 Å². The molecule has 7 nitrogen and oxygen atoms in total. The van der Waals surface area contributed by atoms with Gasteiger partial charge in [-0.25, -0.2) is 9.37 Å². The Bertz CT molecular complexity index is 1770. The monoisotopic (exact) mass is 577 g/mol. The van der Waals surface area contributed by atoms with Crippen LogP contribution in [0.1, 0.15) is 37.0 Å². The molecule has 2 aromatic carbocycles. The number of halogens is 1. The first-order chi connectivity index (χ1) is 20.4. The van der Waals surface area contributed by atoms with Crippen LogP contribution in [0.2, 0.25) is 0 Å². The number of hydrogen-bond donors (Lipinski definition) is 1. The van der Waals surface area contributed by atoms with E-state index in [-0.39, 0.29) is 17.5 Å². The van der Waals surface area contributed by atoms with Crippen molar-refractivity contribution >= 4 is 40.3 Å². The van der Waals surface area contributed by atoms with Crippen LogP contribution in [0, 0.1) is 12.7 Å². The van der Waals surface area contributed by atoms with Crippen molar-refractivity contribution in [2.24, 2.45) is 0 Å². The van der Waals surface area contributed by atoms with Crippen molar-refractivity contribution < 1.29 is 14.0 Å². The minimum atomic E-state index is -0.471. The minimum absolute atomic E-state index is 0.184. The quantitative estimate of drug-likeness (QED) is 0.242. The number of para-hydroxylation sites is 2. The molecule has 0 spiro atoms. The SMILES string of the molecule is Cc1cccc(F)c1NC(=O)c1cc2c(s1)-c1ccccc1N(C(=O)c1cccc(N(C)Cc3ccccn3)n1)CC2. The highest BCUT2D eigenvalue weighted by molar-refractivity contribution is 7.17. The number of pyridine rings is 2. The van der Waals surface area contributed by atoms with E-state index in [2.05, 4.69) is 10.3 Å². The first kappa shape index (κ1) is 27.3. The Morgan fingerprint density at radius 2 is 1.83 bits per heavy atom. The van der Waals surface area contributed by atoms with E-state index in [9.17, 15) is 14.0 Å². The summed E-state index contributed by atoms with van der Waals surface area (Å²) in [5, 5.41) is 2.74. The Balaban J connectivity index is 1.27. The van der Waals surface area contributed by atoms with Crippen LogP contribution in [-0.4, -0.2) is 35.4 Å². The molecule has 0 atom stereocenters. The van der Waals surface area contributed by atoms with Gasteiger partial charge >= 0.3 is 0 Å². The van der Waals surface area contributed by atoms with Crippen molar-refractivity contribution in [1.82, 2.24) is 9.97 Å². The number of rotatable bonds is 6. The molecule has 0 aliphatic carbocycles. The van der Waals surface area contributed by atoms with Crippen LogP contribution in [-0.2, 0) is 13.0 Å². The second-order valence-electron chi connectivity index (χ2n) is 10.1. The Kier molecular flexibility index (Phi) is 7.50. The third-order valence-corrected chi connectivity index (χ3v) is 8.46. The zero-order valence-corrected chi connectivity index (χ0v) is 24.0.